The first-order valence-corrected chi connectivity index (χ1v) is 7.33. The van der Waals surface area contributed by atoms with Gasteiger partial charge in [0.25, 0.3) is 0 Å². The van der Waals surface area contributed by atoms with Crippen molar-refractivity contribution in [2.24, 2.45) is 0 Å². The topological polar surface area (TPSA) is 38.3 Å². The standard InChI is InChI=1S/C14H17Cl2NO2/c15-12-8-7-10(9-13(12)16)17-14(18)19-11-5-3-1-2-4-6-11/h7-9,11H,1-6H2,(H,17,18). The maximum Gasteiger partial charge on any atom is 0.411 e. The van der Waals surface area contributed by atoms with Gasteiger partial charge in [-0.15, -0.1) is 0 Å². The molecule has 3 nitrogen and oxygen atoms in total. The summed E-state index contributed by atoms with van der Waals surface area (Å²) >= 11 is 11.7. The molecule has 2 rings (SSSR count). The quantitative estimate of drug-likeness (QED) is 0.756. The highest BCUT2D eigenvalue weighted by atomic mass is 35.5. The van der Waals surface area contributed by atoms with E-state index in [-0.39, 0.29) is 6.10 Å². The van der Waals surface area contributed by atoms with Crippen LogP contribution in [0.3, 0.4) is 0 Å². The maximum absolute atomic E-state index is 11.8. The van der Waals surface area contributed by atoms with Crippen LogP contribution in [0.4, 0.5) is 10.5 Å². The smallest absolute Gasteiger partial charge is 0.411 e. The summed E-state index contributed by atoms with van der Waals surface area (Å²) in [6, 6.07) is 4.95. The molecular weight excluding hydrogens is 285 g/mol. The van der Waals surface area contributed by atoms with Gasteiger partial charge in [0, 0.05) is 5.69 Å². The molecule has 0 aliphatic heterocycles. The van der Waals surface area contributed by atoms with Crippen molar-refractivity contribution in [1.82, 2.24) is 0 Å². The number of ether oxygens (including phenoxy) is 1. The molecule has 1 N–H and O–H groups in total. The van der Waals surface area contributed by atoms with E-state index in [1.807, 2.05) is 0 Å². The minimum atomic E-state index is -0.426. The fourth-order valence-corrected chi connectivity index (χ4v) is 2.53. The van der Waals surface area contributed by atoms with Crippen molar-refractivity contribution in [3.63, 3.8) is 0 Å². The minimum Gasteiger partial charge on any atom is -0.446 e. The summed E-state index contributed by atoms with van der Waals surface area (Å²) in [6.07, 6.45) is 6.23. The number of rotatable bonds is 2. The molecule has 0 radical (unpaired) electrons. The van der Waals surface area contributed by atoms with Crippen LogP contribution in [0.15, 0.2) is 18.2 Å². The van der Waals surface area contributed by atoms with Crippen LogP contribution in [-0.2, 0) is 4.74 Å². The number of carbonyl (C=O) groups excluding carboxylic acids is 1. The molecule has 1 aromatic carbocycles. The monoisotopic (exact) mass is 301 g/mol. The second-order valence-electron chi connectivity index (χ2n) is 4.77. The van der Waals surface area contributed by atoms with Crippen LogP contribution >= 0.6 is 23.2 Å². The highest BCUT2D eigenvalue weighted by Crippen LogP contribution is 2.25. The molecule has 0 aromatic heterocycles. The number of halogens is 2. The second kappa shape index (κ2) is 7.01. The maximum atomic E-state index is 11.8. The van der Waals surface area contributed by atoms with E-state index in [1.165, 1.54) is 12.8 Å². The van der Waals surface area contributed by atoms with Gasteiger partial charge >= 0.3 is 6.09 Å². The van der Waals surface area contributed by atoms with Crippen LogP contribution in [0.2, 0.25) is 10.0 Å². The number of nitrogens with one attached hydrogen (secondary N) is 1. The Balaban J connectivity index is 1.87. The van der Waals surface area contributed by atoms with Gasteiger partial charge < -0.3 is 4.74 Å². The zero-order chi connectivity index (χ0) is 13.7. The third kappa shape index (κ3) is 4.59. The zero-order valence-electron chi connectivity index (χ0n) is 10.6. The largest absolute Gasteiger partial charge is 0.446 e. The van der Waals surface area contributed by atoms with Gasteiger partial charge in [0.05, 0.1) is 10.0 Å². The van der Waals surface area contributed by atoms with Crippen LogP contribution in [0.5, 0.6) is 0 Å². The molecule has 5 heteroatoms. The highest BCUT2D eigenvalue weighted by molar-refractivity contribution is 6.42. The highest BCUT2D eigenvalue weighted by Gasteiger charge is 2.16. The lowest BCUT2D eigenvalue weighted by Crippen LogP contribution is -2.22. The van der Waals surface area contributed by atoms with Gasteiger partial charge in [-0.1, -0.05) is 36.0 Å². The number of benzene rings is 1. The minimum absolute atomic E-state index is 0.0327. The molecule has 0 saturated heterocycles. The molecule has 0 spiro atoms. The van der Waals surface area contributed by atoms with Crippen molar-refractivity contribution < 1.29 is 9.53 Å². The van der Waals surface area contributed by atoms with Crippen molar-refractivity contribution in [3.05, 3.63) is 28.2 Å². The average molecular weight is 302 g/mol. The lowest BCUT2D eigenvalue weighted by molar-refractivity contribution is 0.101. The number of hydrogen-bond acceptors (Lipinski definition) is 2. The van der Waals surface area contributed by atoms with E-state index in [4.69, 9.17) is 27.9 Å². The normalized spacial score (nSPS) is 16.7. The molecule has 1 amide bonds. The lowest BCUT2D eigenvalue weighted by Gasteiger charge is -2.16. The van der Waals surface area contributed by atoms with Crippen LogP contribution in [-0.4, -0.2) is 12.2 Å². The fraction of sp³-hybridized carbons (Fsp3) is 0.500. The van der Waals surface area contributed by atoms with Gasteiger partial charge in [0.2, 0.25) is 0 Å². The van der Waals surface area contributed by atoms with E-state index in [2.05, 4.69) is 5.32 Å². The summed E-state index contributed by atoms with van der Waals surface area (Å²) in [7, 11) is 0. The van der Waals surface area contributed by atoms with Crippen molar-refractivity contribution >= 4 is 35.0 Å². The Morgan fingerprint density at radius 1 is 1.11 bits per heavy atom. The predicted molar refractivity (Wildman–Crippen MR) is 78.1 cm³/mol. The van der Waals surface area contributed by atoms with Crippen molar-refractivity contribution in [2.45, 2.75) is 44.6 Å². The molecule has 1 fully saturated rings. The molecule has 104 valence electrons. The van der Waals surface area contributed by atoms with Crippen LogP contribution in [0.1, 0.15) is 38.5 Å². The van der Waals surface area contributed by atoms with E-state index in [0.29, 0.717) is 15.7 Å². The first kappa shape index (κ1) is 14.5. The Hall–Kier alpha value is -0.930. The Morgan fingerprint density at radius 2 is 1.79 bits per heavy atom. The van der Waals surface area contributed by atoms with Gasteiger partial charge in [0.15, 0.2) is 0 Å². The third-order valence-corrected chi connectivity index (χ3v) is 3.98. The van der Waals surface area contributed by atoms with Gasteiger partial charge in [-0.3, -0.25) is 5.32 Å². The first-order valence-electron chi connectivity index (χ1n) is 6.58. The summed E-state index contributed by atoms with van der Waals surface area (Å²) in [6.45, 7) is 0. The number of hydrogen-bond donors (Lipinski definition) is 1. The summed E-state index contributed by atoms with van der Waals surface area (Å²) < 4.78 is 5.42. The summed E-state index contributed by atoms with van der Waals surface area (Å²) in [5, 5.41) is 3.55. The van der Waals surface area contributed by atoms with Crippen LogP contribution in [0.25, 0.3) is 0 Å². The Kier molecular flexibility index (Phi) is 5.34. The van der Waals surface area contributed by atoms with Crippen molar-refractivity contribution in [2.75, 3.05) is 5.32 Å². The molecule has 1 saturated carbocycles. The van der Waals surface area contributed by atoms with Gasteiger partial charge in [-0.2, -0.15) is 0 Å². The summed E-state index contributed by atoms with van der Waals surface area (Å²) in [5.41, 5.74) is 0.591. The molecule has 1 aromatic rings. The molecule has 1 aliphatic carbocycles. The first-order chi connectivity index (χ1) is 9.15. The Bertz CT molecular complexity index is 443. The van der Waals surface area contributed by atoms with E-state index in [9.17, 15) is 4.79 Å². The summed E-state index contributed by atoms with van der Waals surface area (Å²) in [5.74, 6) is 0. The van der Waals surface area contributed by atoms with E-state index in [1.54, 1.807) is 18.2 Å². The fourth-order valence-electron chi connectivity index (χ4n) is 2.23. The molecular formula is C14H17Cl2NO2. The molecule has 0 atom stereocenters. The number of amides is 1. The number of anilines is 1. The number of carbonyl (C=O) groups is 1. The molecule has 19 heavy (non-hydrogen) atoms. The van der Waals surface area contributed by atoms with E-state index in [0.717, 1.165) is 25.7 Å². The average Bonchev–Trinajstić information content (AvgIpc) is 2.62. The molecule has 0 unspecified atom stereocenters. The van der Waals surface area contributed by atoms with Crippen LogP contribution < -0.4 is 5.32 Å². The van der Waals surface area contributed by atoms with E-state index < -0.39 is 6.09 Å². The van der Waals surface area contributed by atoms with Gasteiger partial charge in [0.1, 0.15) is 6.10 Å². The van der Waals surface area contributed by atoms with Crippen molar-refractivity contribution in [3.8, 4) is 0 Å². The van der Waals surface area contributed by atoms with Gasteiger partial charge in [-0.05, 0) is 43.9 Å². The summed E-state index contributed by atoms with van der Waals surface area (Å²) in [4.78, 5) is 11.8. The van der Waals surface area contributed by atoms with Crippen LogP contribution in [0, 0.1) is 0 Å². The Labute approximate surface area is 123 Å². The Morgan fingerprint density at radius 3 is 2.42 bits per heavy atom. The molecule has 1 aliphatic rings. The SMILES string of the molecule is O=C(Nc1ccc(Cl)c(Cl)c1)OC1CCCCCC1. The molecule has 0 heterocycles. The lowest BCUT2D eigenvalue weighted by atomic mass is 10.2. The molecule has 0 bridgehead atoms. The van der Waals surface area contributed by atoms with Gasteiger partial charge in [-0.25, -0.2) is 4.79 Å². The predicted octanol–water partition coefficient (Wildman–Crippen LogP) is 5.26. The zero-order valence-corrected chi connectivity index (χ0v) is 12.1. The van der Waals surface area contributed by atoms with E-state index >= 15 is 0 Å². The van der Waals surface area contributed by atoms with Crippen molar-refractivity contribution in [1.29, 1.82) is 0 Å². The second-order valence-corrected chi connectivity index (χ2v) is 5.59. The third-order valence-electron chi connectivity index (χ3n) is 3.24.